The molecule has 8 atom stereocenters. The summed E-state index contributed by atoms with van der Waals surface area (Å²) in [7, 11) is 0. The minimum absolute atomic E-state index is 0.0382. The Morgan fingerprint density at radius 2 is 0.624 bits per heavy atom. The number of Topliss-reactive ketones (excluding diaryl/α,β-unsaturated/α-hetero) is 6. The molecule has 3 rings (SSSR count). The van der Waals surface area contributed by atoms with E-state index in [0.717, 1.165) is 99.9 Å². The van der Waals surface area contributed by atoms with Gasteiger partial charge in [0.2, 0.25) is 0 Å². The summed E-state index contributed by atoms with van der Waals surface area (Å²) in [6, 6.07) is 0. The number of hydrogen-bond acceptors (Lipinski definition) is 6. The lowest BCUT2D eigenvalue weighted by molar-refractivity contribution is -0.128. The average Bonchev–Trinajstić information content (AvgIpc) is 1.84. The van der Waals surface area contributed by atoms with Gasteiger partial charge in [-0.1, -0.05) is 247 Å². The largest absolute Gasteiger partial charge is 0.299 e. The number of hydrogen-bond donors (Lipinski definition) is 0. The third kappa shape index (κ3) is 54.0. The molecule has 6 heteroatoms. The fourth-order valence-corrected chi connectivity index (χ4v) is 12.0. The zero-order valence-electron chi connectivity index (χ0n) is 66.4. The van der Waals surface area contributed by atoms with Gasteiger partial charge < -0.3 is 0 Å². The molecule has 93 heavy (non-hydrogen) atoms. The Kier molecular flexibility index (Phi) is 43.7. The summed E-state index contributed by atoms with van der Waals surface area (Å²) in [6.45, 7) is 81.8. The highest BCUT2D eigenvalue weighted by atomic mass is 16.1. The van der Waals surface area contributed by atoms with Crippen molar-refractivity contribution in [1.29, 1.82) is 0 Å². The summed E-state index contributed by atoms with van der Waals surface area (Å²) in [5, 5.41) is 0. The summed E-state index contributed by atoms with van der Waals surface area (Å²) < 4.78 is 0. The Morgan fingerprint density at radius 1 is 0.366 bits per heavy atom. The minimum atomic E-state index is 0.0382. The van der Waals surface area contributed by atoms with E-state index >= 15 is 0 Å². The first-order valence-electron chi connectivity index (χ1n) is 36.5. The predicted octanol–water partition coefficient (Wildman–Crippen LogP) is 25.6. The second-order valence-electron chi connectivity index (χ2n) is 38.6. The van der Waals surface area contributed by atoms with Crippen molar-refractivity contribution in [1.82, 2.24) is 0 Å². The van der Waals surface area contributed by atoms with Crippen LogP contribution in [-0.2, 0) is 28.8 Å². The standard InChI is InChI=1S/2C15H26O.C15H28O.C14H24O.C14H26O.C14H24O/c1-6-7-12(9-13-8-11(13)2)14(16)10-15(3,4)5;1-5-7-13(10-12-8-6-9-12)14(16)11-15(2,3)4;1-8-9-12(10-14(2,3)4)13(16)11-15(5,6)7;1-5-6-12(9-11-7-8-11)13(15)10-14(2,3)4;1-8-9-11(14(5,6)7)12(15)10-13(2,3)4;1-7-8-12(9-11(2)3)13(15)10-14(4,5)6/h6,11-13H,1,7-10H2,2-5H3;5,12-13H,1,6-11H2,2-4H3;8,12H,1,9-11H2,2-7H3;5,11-12H,1,6-10H2,2-4H3;8,11H,1,9-10H2,2-7H3;7,12H,1-2,8-10H2,3-6H3. The van der Waals surface area contributed by atoms with Gasteiger partial charge in [0.25, 0.3) is 0 Å². The summed E-state index contributed by atoms with van der Waals surface area (Å²) >= 11 is 0. The van der Waals surface area contributed by atoms with Crippen molar-refractivity contribution in [3.05, 3.63) is 88.1 Å². The lowest BCUT2D eigenvalue weighted by Crippen LogP contribution is -2.30. The van der Waals surface area contributed by atoms with Crippen LogP contribution in [0.4, 0.5) is 0 Å². The minimum Gasteiger partial charge on any atom is -0.299 e. The number of carbonyl (C=O) groups is 6. The fraction of sp³-hybridized carbons (Fsp3) is 0.770. The van der Waals surface area contributed by atoms with Crippen molar-refractivity contribution in [2.45, 2.75) is 328 Å². The monoisotopic (exact) mass is 1300 g/mol. The fourth-order valence-electron chi connectivity index (χ4n) is 12.0. The molecule has 0 N–H and O–H groups in total. The molecule has 0 heterocycles. The molecule has 3 saturated carbocycles. The number of allylic oxidation sites excluding steroid dienone is 7. The van der Waals surface area contributed by atoms with Crippen LogP contribution >= 0.6 is 0 Å². The van der Waals surface area contributed by atoms with Gasteiger partial charge in [0.1, 0.15) is 34.7 Å². The van der Waals surface area contributed by atoms with Crippen LogP contribution in [0.15, 0.2) is 88.1 Å². The van der Waals surface area contributed by atoms with Crippen LogP contribution in [0.5, 0.6) is 0 Å². The number of rotatable bonds is 33. The first kappa shape index (κ1) is 93.4. The van der Waals surface area contributed by atoms with Crippen LogP contribution in [0.2, 0.25) is 0 Å². The third-order valence-corrected chi connectivity index (χ3v) is 17.1. The summed E-state index contributed by atoms with van der Waals surface area (Å²) in [5.74, 6) is 6.76. The molecule has 0 radical (unpaired) electrons. The maximum absolute atomic E-state index is 12.2. The molecule has 538 valence electrons. The highest BCUT2D eigenvalue weighted by Crippen LogP contribution is 2.44. The Hall–Kier alpha value is -3.80. The van der Waals surface area contributed by atoms with E-state index in [1.165, 1.54) is 38.5 Å². The SMILES string of the molecule is C=CCC(C(=O)CC(C)(C)C)C(C)(C)C.C=CCC(CC(=C)C)C(=O)CC(C)(C)C.C=CCC(CC(C)(C)C)C(=O)CC(C)(C)C.C=CCC(CC1CC1)C(=O)CC(C)(C)C.C=CCC(CC1CC1C)C(=O)CC(C)(C)C.C=CCC(CC1CCC1)C(=O)CC(C)(C)C. The molecule has 0 amide bonds. The predicted molar refractivity (Wildman–Crippen MR) is 408 cm³/mol. The topological polar surface area (TPSA) is 102 Å². The Bertz CT molecular complexity index is 2220. The first-order chi connectivity index (χ1) is 42.1. The molecule has 0 saturated heterocycles. The van der Waals surface area contributed by atoms with Gasteiger partial charge in [-0.15, -0.1) is 46.1 Å². The van der Waals surface area contributed by atoms with Gasteiger partial charge in [0, 0.05) is 74.0 Å². The molecule has 3 fully saturated rings. The average molecular weight is 1300 g/mol. The molecule has 8 unspecified atom stereocenters. The molecule has 3 aliphatic carbocycles. The first-order valence-corrected chi connectivity index (χ1v) is 36.5. The zero-order valence-corrected chi connectivity index (χ0v) is 66.4. The Labute approximate surface area is 578 Å². The highest BCUT2D eigenvalue weighted by molar-refractivity contribution is 5.84. The van der Waals surface area contributed by atoms with Gasteiger partial charge in [-0.3, -0.25) is 28.8 Å². The van der Waals surface area contributed by atoms with Crippen LogP contribution in [0.3, 0.4) is 0 Å². The maximum atomic E-state index is 12.2. The molecule has 3 aliphatic rings. The van der Waals surface area contributed by atoms with Crippen LogP contribution in [-0.4, -0.2) is 34.7 Å². The second-order valence-corrected chi connectivity index (χ2v) is 38.6. The molecule has 0 aromatic heterocycles. The lowest BCUT2D eigenvalue weighted by atomic mass is 9.73. The van der Waals surface area contributed by atoms with E-state index in [1.807, 2.05) is 43.4 Å². The van der Waals surface area contributed by atoms with E-state index in [9.17, 15) is 28.8 Å². The second kappa shape index (κ2) is 43.5. The molecule has 6 nitrogen and oxygen atoms in total. The van der Waals surface area contributed by atoms with Crippen LogP contribution in [0.1, 0.15) is 328 Å². The number of ketones is 6. The van der Waals surface area contributed by atoms with Crippen molar-refractivity contribution in [2.24, 2.45) is 102 Å². The van der Waals surface area contributed by atoms with E-state index in [1.54, 1.807) is 0 Å². The number of carbonyl (C=O) groups excluding carboxylic acids is 6. The van der Waals surface area contributed by atoms with E-state index in [-0.39, 0.29) is 78.8 Å². The van der Waals surface area contributed by atoms with Crippen molar-refractivity contribution in [3.63, 3.8) is 0 Å². The molecule has 0 bridgehead atoms. The van der Waals surface area contributed by atoms with Gasteiger partial charge in [-0.25, -0.2) is 0 Å². The summed E-state index contributed by atoms with van der Waals surface area (Å²) in [5.41, 5.74) is 1.94. The van der Waals surface area contributed by atoms with E-state index in [2.05, 4.69) is 219 Å². The molecule has 0 aromatic carbocycles. The van der Waals surface area contributed by atoms with Crippen molar-refractivity contribution < 1.29 is 28.8 Å². The highest BCUT2D eigenvalue weighted by Gasteiger charge is 2.37. The molecular formula is C87H154O6. The van der Waals surface area contributed by atoms with E-state index < -0.39 is 0 Å². The third-order valence-electron chi connectivity index (χ3n) is 17.1. The quantitative estimate of drug-likeness (QED) is 0.0607. The van der Waals surface area contributed by atoms with Crippen LogP contribution < -0.4 is 0 Å². The normalized spacial score (nSPS) is 17.8. The van der Waals surface area contributed by atoms with Crippen LogP contribution in [0.25, 0.3) is 0 Å². The van der Waals surface area contributed by atoms with Crippen molar-refractivity contribution in [3.8, 4) is 0 Å². The maximum Gasteiger partial charge on any atom is 0.137 e. The van der Waals surface area contributed by atoms with Crippen LogP contribution in [0, 0.1) is 102 Å². The Balaban J connectivity index is -0.00000105. The van der Waals surface area contributed by atoms with Crippen molar-refractivity contribution >= 4 is 34.7 Å². The molecule has 0 spiro atoms. The van der Waals surface area contributed by atoms with E-state index in [4.69, 9.17) is 0 Å². The van der Waals surface area contributed by atoms with Crippen molar-refractivity contribution in [2.75, 3.05) is 0 Å². The van der Waals surface area contributed by atoms with Gasteiger partial charge in [-0.2, -0.15) is 0 Å². The molecule has 0 aromatic rings. The zero-order chi connectivity index (χ0) is 73.3. The van der Waals surface area contributed by atoms with Gasteiger partial charge in [0.05, 0.1) is 0 Å². The lowest BCUT2D eigenvalue weighted by Gasteiger charge is -2.31. The molecule has 0 aliphatic heterocycles. The van der Waals surface area contributed by atoms with Gasteiger partial charge in [0.15, 0.2) is 0 Å². The van der Waals surface area contributed by atoms with Gasteiger partial charge in [-0.05, 0) is 151 Å². The van der Waals surface area contributed by atoms with Gasteiger partial charge >= 0.3 is 0 Å². The summed E-state index contributed by atoms with van der Waals surface area (Å²) in [4.78, 5) is 72.7. The molecular weight excluding hydrogens is 1140 g/mol. The summed E-state index contributed by atoms with van der Waals surface area (Å²) in [6.07, 6.45) is 33.3. The smallest absolute Gasteiger partial charge is 0.137 e. The Morgan fingerprint density at radius 3 is 0.860 bits per heavy atom. The van der Waals surface area contributed by atoms with E-state index in [0.29, 0.717) is 73.2 Å².